The molecule has 0 unspecified atom stereocenters. The highest BCUT2D eigenvalue weighted by Gasteiger charge is 1.88. The number of rotatable bonds is 5. The molecule has 0 N–H and O–H groups in total. The fourth-order valence-corrected chi connectivity index (χ4v) is 0.795. The molecular formula is C9H18O. The highest BCUT2D eigenvalue weighted by atomic mass is 16.5. The minimum absolute atomic E-state index is 0.900. The van der Waals surface area contributed by atoms with E-state index >= 15 is 0 Å². The van der Waals surface area contributed by atoms with Gasteiger partial charge in [0.2, 0.25) is 0 Å². The first-order valence-corrected chi connectivity index (χ1v) is 3.92. The number of ether oxygens (including phenoxy) is 1. The summed E-state index contributed by atoms with van der Waals surface area (Å²) in [5.74, 6) is 0. The van der Waals surface area contributed by atoms with Crippen molar-refractivity contribution < 1.29 is 4.74 Å². The molecule has 0 spiro atoms. The van der Waals surface area contributed by atoms with Crippen LogP contribution in [0.25, 0.3) is 0 Å². The van der Waals surface area contributed by atoms with Gasteiger partial charge < -0.3 is 4.74 Å². The van der Waals surface area contributed by atoms with Crippen LogP contribution < -0.4 is 0 Å². The molecule has 0 saturated carbocycles. The molecule has 0 atom stereocenters. The zero-order chi connectivity index (χ0) is 7.82. The second-order valence-electron chi connectivity index (χ2n) is 2.58. The smallest absolute Gasteiger partial charge is 0.0462 e. The van der Waals surface area contributed by atoms with Crippen molar-refractivity contribution in [2.24, 2.45) is 0 Å². The Balaban J connectivity index is 3.04. The van der Waals surface area contributed by atoms with Crippen molar-refractivity contribution in [3.63, 3.8) is 0 Å². The standard InChI is InChI=1S/C9H18O/c1-4-9(2)7-5-6-8-10-3/h4H,5-8H2,1-3H3. The molecule has 0 aromatic rings. The third-order valence-electron chi connectivity index (χ3n) is 1.66. The third kappa shape index (κ3) is 5.83. The normalized spacial score (nSPS) is 12.1. The Bertz CT molecular complexity index is 94.9. The molecule has 0 rings (SSSR count). The molecule has 0 radical (unpaired) electrons. The minimum atomic E-state index is 0.900. The molecule has 0 bridgehead atoms. The molecule has 1 nitrogen and oxygen atoms in total. The first kappa shape index (κ1) is 9.70. The fraction of sp³-hybridized carbons (Fsp3) is 0.778. The maximum Gasteiger partial charge on any atom is 0.0462 e. The zero-order valence-corrected chi connectivity index (χ0v) is 7.31. The summed E-state index contributed by atoms with van der Waals surface area (Å²) in [6, 6.07) is 0. The van der Waals surface area contributed by atoms with Gasteiger partial charge in [-0.15, -0.1) is 0 Å². The van der Waals surface area contributed by atoms with Crippen LogP contribution in [0.2, 0.25) is 0 Å². The first-order valence-electron chi connectivity index (χ1n) is 3.92. The Hall–Kier alpha value is -0.300. The molecule has 0 heterocycles. The van der Waals surface area contributed by atoms with Gasteiger partial charge in [-0.2, -0.15) is 0 Å². The summed E-state index contributed by atoms with van der Waals surface area (Å²) in [5, 5.41) is 0. The molecule has 0 fully saturated rings. The van der Waals surface area contributed by atoms with Gasteiger partial charge >= 0.3 is 0 Å². The van der Waals surface area contributed by atoms with E-state index in [0.717, 1.165) is 6.61 Å². The van der Waals surface area contributed by atoms with Gasteiger partial charge in [0.05, 0.1) is 0 Å². The molecule has 0 amide bonds. The van der Waals surface area contributed by atoms with Gasteiger partial charge in [-0.1, -0.05) is 11.6 Å². The van der Waals surface area contributed by atoms with Crippen LogP contribution >= 0.6 is 0 Å². The van der Waals surface area contributed by atoms with E-state index in [1.54, 1.807) is 7.11 Å². The van der Waals surface area contributed by atoms with E-state index in [-0.39, 0.29) is 0 Å². The molecule has 0 saturated heterocycles. The van der Waals surface area contributed by atoms with Crippen LogP contribution in [-0.4, -0.2) is 13.7 Å². The predicted octanol–water partition coefficient (Wildman–Crippen LogP) is 2.77. The molecule has 0 aliphatic carbocycles. The third-order valence-corrected chi connectivity index (χ3v) is 1.66. The predicted molar refractivity (Wildman–Crippen MR) is 45.2 cm³/mol. The van der Waals surface area contributed by atoms with E-state index < -0.39 is 0 Å². The average molecular weight is 142 g/mol. The van der Waals surface area contributed by atoms with Gasteiger partial charge in [0.1, 0.15) is 0 Å². The fourth-order valence-electron chi connectivity index (χ4n) is 0.795. The maximum absolute atomic E-state index is 4.94. The van der Waals surface area contributed by atoms with Crippen molar-refractivity contribution in [2.75, 3.05) is 13.7 Å². The number of allylic oxidation sites excluding steroid dienone is 2. The summed E-state index contributed by atoms with van der Waals surface area (Å²) >= 11 is 0. The second kappa shape index (κ2) is 6.81. The largest absolute Gasteiger partial charge is 0.385 e. The van der Waals surface area contributed by atoms with Gasteiger partial charge in [0.25, 0.3) is 0 Å². The van der Waals surface area contributed by atoms with Crippen molar-refractivity contribution in [1.82, 2.24) is 0 Å². The van der Waals surface area contributed by atoms with Crippen LogP contribution in [0.3, 0.4) is 0 Å². The van der Waals surface area contributed by atoms with Crippen molar-refractivity contribution in [2.45, 2.75) is 33.1 Å². The zero-order valence-electron chi connectivity index (χ0n) is 7.31. The lowest BCUT2D eigenvalue weighted by atomic mass is 10.1. The van der Waals surface area contributed by atoms with E-state index in [1.807, 2.05) is 0 Å². The van der Waals surface area contributed by atoms with Gasteiger partial charge in [0, 0.05) is 13.7 Å². The van der Waals surface area contributed by atoms with Gasteiger partial charge in [0.15, 0.2) is 0 Å². The van der Waals surface area contributed by atoms with E-state index in [9.17, 15) is 0 Å². The molecule has 0 aliphatic heterocycles. The molecule has 0 aromatic carbocycles. The lowest BCUT2D eigenvalue weighted by Crippen LogP contribution is -1.88. The monoisotopic (exact) mass is 142 g/mol. The van der Waals surface area contributed by atoms with Crippen LogP contribution in [-0.2, 0) is 4.74 Å². The van der Waals surface area contributed by atoms with E-state index in [4.69, 9.17) is 4.74 Å². The summed E-state index contributed by atoms with van der Waals surface area (Å²) in [5.41, 5.74) is 1.48. The number of hydrogen-bond donors (Lipinski definition) is 0. The Morgan fingerprint density at radius 2 is 2.10 bits per heavy atom. The summed E-state index contributed by atoms with van der Waals surface area (Å²) < 4.78 is 4.94. The first-order chi connectivity index (χ1) is 4.81. The highest BCUT2D eigenvalue weighted by Crippen LogP contribution is 2.05. The summed E-state index contributed by atoms with van der Waals surface area (Å²) in [7, 11) is 1.75. The molecule has 60 valence electrons. The van der Waals surface area contributed by atoms with Crippen LogP contribution in [0.4, 0.5) is 0 Å². The van der Waals surface area contributed by atoms with Crippen molar-refractivity contribution in [3.05, 3.63) is 11.6 Å². The maximum atomic E-state index is 4.94. The Morgan fingerprint density at radius 3 is 2.60 bits per heavy atom. The molecule has 1 heteroatoms. The van der Waals surface area contributed by atoms with Crippen molar-refractivity contribution >= 4 is 0 Å². The molecular weight excluding hydrogens is 124 g/mol. The van der Waals surface area contributed by atoms with Crippen LogP contribution in [0.5, 0.6) is 0 Å². The number of methoxy groups -OCH3 is 1. The highest BCUT2D eigenvalue weighted by molar-refractivity contribution is 4.94. The number of unbranched alkanes of at least 4 members (excludes halogenated alkanes) is 1. The van der Waals surface area contributed by atoms with E-state index in [2.05, 4.69) is 19.9 Å². The van der Waals surface area contributed by atoms with Crippen LogP contribution in [0.1, 0.15) is 33.1 Å². The molecule has 0 aliphatic rings. The Kier molecular flexibility index (Phi) is 6.61. The summed E-state index contributed by atoms with van der Waals surface area (Å²) in [6.07, 6.45) is 5.83. The average Bonchev–Trinajstić information content (AvgIpc) is 1.98. The summed E-state index contributed by atoms with van der Waals surface area (Å²) in [4.78, 5) is 0. The molecule has 0 aromatic heterocycles. The Labute approximate surface area is 64.1 Å². The van der Waals surface area contributed by atoms with Gasteiger partial charge in [-0.25, -0.2) is 0 Å². The topological polar surface area (TPSA) is 9.23 Å². The molecule has 10 heavy (non-hydrogen) atoms. The minimum Gasteiger partial charge on any atom is -0.385 e. The van der Waals surface area contributed by atoms with E-state index in [1.165, 1.54) is 24.8 Å². The summed E-state index contributed by atoms with van der Waals surface area (Å²) in [6.45, 7) is 5.16. The Morgan fingerprint density at radius 1 is 1.40 bits per heavy atom. The van der Waals surface area contributed by atoms with E-state index in [0.29, 0.717) is 0 Å². The number of hydrogen-bond acceptors (Lipinski definition) is 1. The SMILES string of the molecule is CC=C(C)CCCCOC. The lowest BCUT2D eigenvalue weighted by molar-refractivity contribution is 0.193. The van der Waals surface area contributed by atoms with Crippen LogP contribution in [0, 0.1) is 0 Å². The van der Waals surface area contributed by atoms with Gasteiger partial charge in [-0.05, 0) is 33.1 Å². The van der Waals surface area contributed by atoms with Gasteiger partial charge in [-0.3, -0.25) is 0 Å². The van der Waals surface area contributed by atoms with Crippen molar-refractivity contribution in [3.8, 4) is 0 Å². The van der Waals surface area contributed by atoms with Crippen molar-refractivity contribution in [1.29, 1.82) is 0 Å². The van der Waals surface area contributed by atoms with Crippen LogP contribution in [0.15, 0.2) is 11.6 Å². The quantitative estimate of drug-likeness (QED) is 0.423. The lowest BCUT2D eigenvalue weighted by Gasteiger charge is -1.99. The second-order valence-corrected chi connectivity index (χ2v) is 2.58.